The summed E-state index contributed by atoms with van der Waals surface area (Å²) in [6.07, 6.45) is 1.89. The van der Waals surface area contributed by atoms with Gasteiger partial charge in [0, 0.05) is 12.1 Å². The molecule has 0 aliphatic heterocycles. The molecule has 26 heavy (non-hydrogen) atoms. The van der Waals surface area contributed by atoms with Crippen LogP contribution < -0.4 is 10.1 Å². The number of benzene rings is 2. The van der Waals surface area contributed by atoms with E-state index in [4.69, 9.17) is 4.74 Å². The monoisotopic (exact) mass is 366 g/mol. The summed E-state index contributed by atoms with van der Waals surface area (Å²) < 4.78 is 6.94. The van der Waals surface area contributed by atoms with Gasteiger partial charge in [0.15, 0.2) is 0 Å². The molecule has 7 heteroatoms. The SMILES string of the molecule is COc1ccc(CNc2nn3cc(-c4ccccc4CO)nc3s2)cc1. The minimum Gasteiger partial charge on any atom is -0.497 e. The number of imidazole rings is 1. The number of aliphatic hydroxyl groups excluding tert-OH is 1. The van der Waals surface area contributed by atoms with Crippen molar-refractivity contribution < 1.29 is 9.84 Å². The van der Waals surface area contributed by atoms with Gasteiger partial charge in [-0.2, -0.15) is 0 Å². The number of aliphatic hydroxyl groups is 1. The molecule has 2 heterocycles. The lowest BCUT2D eigenvalue weighted by Crippen LogP contribution is -1.99. The molecule has 0 fully saturated rings. The first-order valence-electron chi connectivity index (χ1n) is 8.19. The summed E-state index contributed by atoms with van der Waals surface area (Å²) in [5.41, 5.74) is 3.75. The van der Waals surface area contributed by atoms with Crippen molar-refractivity contribution in [3.8, 4) is 17.0 Å². The molecule has 0 atom stereocenters. The van der Waals surface area contributed by atoms with E-state index in [1.807, 2.05) is 54.7 Å². The quantitative estimate of drug-likeness (QED) is 0.546. The Morgan fingerprint density at radius 1 is 1.15 bits per heavy atom. The Bertz CT molecular complexity index is 992. The first-order valence-corrected chi connectivity index (χ1v) is 9.00. The van der Waals surface area contributed by atoms with E-state index in [1.54, 1.807) is 11.6 Å². The third kappa shape index (κ3) is 3.26. The fourth-order valence-electron chi connectivity index (χ4n) is 2.73. The number of nitrogens with zero attached hydrogens (tertiary/aromatic N) is 3. The fourth-order valence-corrected chi connectivity index (χ4v) is 3.51. The van der Waals surface area contributed by atoms with Gasteiger partial charge in [-0.25, -0.2) is 9.50 Å². The zero-order valence-corrected chi connectivity index (χ0v) is 15.0. The van der Waals surface area contributed by atoms with Gasteiger partial charge in [-0.3, -0.25) is 0 Å². The molecule has 2 N–H and O–H groups in total. The second kappa shape index (κ2) is 7.15. The standard InChI is InChI=1S/C19H18N4O2S/c1-25-15-8-6-13(7-9-15)10-20-18-22-23-11-17(21-19(23)26-18)16-5-3-2-4-14(16)12-24/h2-9,11,24H,10,12H2,1H3,(H,20,22). The number of aromatic nitrogens is 3. The molecule has 0 saturated carbocycles. The molecule has 2 aromatic heterocycles. The number of hydrogen-bond donors (Lipinski definition) is 2. The molecule has 0 saturated heterocycles. The van der Waals surface area contributed by atoms with Crippen molar-refractivity contribution >= 4 is 21.4 Å². The second-order valence-electron chi connectivity index (χ2n) is 5.78. The first kappa shape index (κ1) is 16.6. The van der Waals surface area contributed by atoms with Crippen LogP contribution in [0.5, 0.6) is 5.75 Å². The van der Waals surface area contributed by atoms with Gasteiger partial charge >= 0.3 is 0 Å². The van der Waals surface area contributed by atoms with Gasteiger partial charge in [0.25, 0.3) is 0 Å². The molecule has 0 unspecified atom stereocenters. The molecule has 0 aliphatic rings. The molecular formula is C19H18N4O2S. The van der Waals surface area contributed by atoms with Crippen molar-refractivity contribution in [1.82, 2.24) is 14.6 Å². The highest BCUT2D eigenvalue weighted by atomic mass is 32.1. The number of ether oxygens (including phenoxy) is 1. The minimum absolute atomic E-state index is 0.0105. The molecular weight excluding hydrogens is 348 g/mol. The Balaban J connectivity index is 1.51. The Hall–Kier alpha value is -2.90. The zero-order valence-electron chi connectivity index (χ0n) is 14.2. The third-order valence-corrected chi connectivity index (χ3v) is 4.99. The van der Waals surface area contributed by atoms with Crippen LogP contribution in [-0.4, -0.2) is 26.8 Å². The summed E-state index contributed by atoms with van der Waals surface area (Å²) in [5.74, 6) is 0.845. The second-order valence-corrected chi connectivity index (χ2v) is 6.73. The maximum Gasteiger partial charge on any atom is 0.214 e. The molecule has 0 aliphatic carbocycles. The Kier molecular flexibility index (Phi) is 4.55. The number of rotatable bonds is 6. The van der Waals surface area contributed by atoms with Gasteiger partial charge in [-0.1, -0.05) is 47.7 Å². The molecule has 0 amide bonds. The molecule has 132 valence electrons. The highest BCUT2D eigenvalue weighted by molar-refractivity contribution is 7.20. The zero-order chi connectivity index (χ0) is 17.9. The van der Waals surface area contributed by atoms with Crippen LogP contribution in [0, 0.1) is 0 Å². The van der Waals surface area contributed by atoms with Crippen molar-refractivity contribution in [3.63, 3.8) is 0 Å². The summed E-state index contributed by atoms with van der Waals surface area (Å²) in [4.78, 5) is 5.45. The largest absolute Gasteiger partial charge is 0.497 e. The Labute approximate surface area is 154 Å². The van der Waals surface area contributed by atoms with Crippen LogP contribution in [0.25, 0.3) is 16.2 Å². The van der Waals surface area contributed by atoms with Crippen molar-refractivity contribution in [2.75, 3.05) is 12.4 Å². The molecule has 4 aromatic rings. The highest BCUT2D eigenvalue weighted by Gasteiger charge is 2.12. The van der Waals surface area contributed by atoms with E-state index in [0.717, 1.165) is 38.2 Å². The van der Waals surface area contributed by atoms with Crippen LogP contribution in [-0.2, 0) is 13.2 Å². The van der Waals surface area contributed by atoms with E-state index in [0.29, 0.717) is 6.54 Å². The van der Waals surface area contributed by atoms with Crippen LogP contribution in [0.15, 0.2) is 54.7 Å². The number of nitrogens with one attached hydrogen (secondary N) is 1. The predicted octanol–water partition coefficient (Wildman–Crippen LogP) is 3.57. The summed E-state index contributed by atoms with van der Waals surface area (Å²) in [6, 6.07) is 15.6. The van der Waals surface area contributed by atoms with Crippen molar-refractivity contribution in [2.45, 2.75) is 13.2 Å². The maximum absolute atomic E-state index is 9.50. The molecule has 0 radical (unpaired) electrons. The number of fused-ring (bicyclic) bond motifs is 1. The van der Waals surface area contributed by atoms with Gasteiger partial charge in [0.2, 0.25) is 10.1 Å². The lowest BCUT2D eigenvalue weighted by molar-refractivity contribution is 0.282. The van der Waals surface area contributed by atoms with Crippen LogP contribution in [0.4, 0.5) is 5.13 Å². The third-order valence-electron chi connectivity index (χ3n) is 4.11. The smallest absolute Gasteiger partial charge is 0.214 e. The van der Waals surface area contributed by atoms with Gasteiger partial charge < -0.3 is 15.2 Å². The summed E-state index contributed by atoms with van der Waals surface area (Å²) in [6.45, 7) is 0.671. The molecule has 0 spiro atoms. The van der Waals surface area contributed by atoms with E-state index in [9.17, 15) is 5.11 Å². The van der Waals surface area contributed by atoms with E-state index in [-0.39, 0.29) is 6.61 Å². The van der Waals surface area contributed by atoms with Crippen LogP contribution in [0.1, 0.15) is 11.1 Å². The lowest BCUT2D eigenvalue weighted by Gasteiger charge is -2.04. The fraction of sp³-hybridized carbons (Fsp3) is 0.158. The van der Waals surface area contributed by atoms with Crippen LogP contribution >= 0.6 is 11.3 Å². The molecule has 4 rings (SSSR count). The summed E-state index contributed by atoms with van der Waals surface area (Å²) in [5, 5.41) is 18.2. The van der Waals surface area contributed by atoms with E-state index >= 15 is 0 Å². The van der Waals surface area contributed by atoms with Gasteiger partial charge in [0.05, 0.1) is 25.6 Å². The van der Waals surface area contributed by atoms with Crippen LogP contribution in [0.2, 0.25) is 0 Å². The molecule has 0 bridgehead atoms. The van der Waals surface area contributed by atoms with E-state index in [1.165, 1.54) is 11.3 Å². The highest BCUT2D eigenvalue weighted by Crippen LogP contribution is 2.27. The normalized spacial score (nSPS) is 11.0. The van der Waals surface area contributed by atoms with Crippen LogP contribution in [0.3, 0.4) is 0 Å². The number of methoxy groups -OCH3 is 1. The van der Waals surface area contributed by atoms with Crippen molar-refractivity contribution in [2.24, 2.45) is 0 Å². The lowest BCUT2D eigenvalue weighted by atomic mass is 10.1. The maximum atomic E-state index is 9.50. The Morgan fingerprint density at radius 2 is 1.96 bits per heavy atom. The average Bonchev–Trinajstić information content (AvgIpc) is 3.25. The van der Waals surface area contributed by atoms with Gasteiger partial charge in [-0.15, -0.1) is 5.10 Å². The molecule has 6 nitrogen and oxygen atoms in total. The average molecular weight is 366 g/mol. The van der Waals surface area contributed by atoms with Crippen molar-refractivity contribution in [3.05, 3.63) is 65.9 Å². The summed E-state index contributed by atoms with van der Waals surface area (Å²) >= 11 is 1.50. The predicted molar refractivity (Wildman–Crippen MR) is 103 cm³/mol. The topological polar surface area (TPSA) is 71.7 Å². The summed E-state index contributed by atoms with van der Waals surface area (Å²) in [7, 11) is 1.66. The first-order chi connectivity index (χ1) is 12.8. The minimum atomic E-state index is -0.0105. The van der Waals surface area contributed by atoms with Crippen molar-refractivity contribution in [1.29, 1.82) is 0 Å². The number of hydrogen-bond acceptors (Lipinski definition) is 6. The molecule has 2 aromatic carbocycles. The van der Waals surface area contributed by atoms with E-state index in [2.05, 4.69) is 15.4 Å². The number of anilines is 1. The van der Waals surface area contributed by atoms with E-state index < -0.39 is 0 Å². The Morgan fingerprint density at radius 3 is 2.69 bits per heavy atom. The van der Waals surface area contributed by atoms with Gasteiger partial charge in [0.1, 0.15) is 5.75 Å². The van der Waals surface area contributed by atoms with Gasteiger partial charge in [-0.05, 0) is 23.3 Å².